The van der Waals surface area contributed by atoms with E-state index in [1.54, 1.807) is 19.1 Å². The summed E-state index contributed by atoms with van der Waals surface area (Å²) in [5, 5.41) is 29.8. The van der Waals surface area contributed by atoms with Crippen LogP contribution < -0.4 is 20.3 Å². The number of carbonyl (C=O) groups excluding carboxylic acids is 2. The molecule has 56 heavy (non-hydrogen) atoms. The van der Waals surface area contributed by atoms with Crippen molar-refractivity contribution in [1.29, 1.82) is 0 Å². The number of piperidine rings is 1. The van der Waals surface area contributed by atoms with E-state index in [1.807, 2.05) is 44.4 Å². The third kappa shape index (κ3) is 8.92. The molecule has 0 spiro atoms. The van der Waals surface area contributed by atoms with Crippen LogP contribution >= 0.6 is 0 Å². The molecule has 0 aromatic heterocycles. The van der Waals surface area contributed by atoms with Gasteiger partial charge in [-0.1, -0.05) is 52.8 Å². The monoisotopic (exact) mass is 776 g/mol. The van der Waals surface area contributed by atoms with E-state index in [2.05, 4.69) is 61.1 Å². The van der Waals surface area contributed by atoms with Gasteiger partial charge in [-0.05, 0) is 112 Å². The van der Waals surface area contributed by atoms with Crippen LogP contribution in [-0.2, 0) is 16.2 Å². The number of benzene rings is 2. The standard InChI is InChI=1S/C45H69N5O6/c1-27(2)18-34(25-48(7)8)46-43(53)32-19-31(20-35(21-32)49-16-11-10-12-17-49)36-15-13-14-30(42(36)55-9)24-50-41(40(29(4)52)39(26-51)56-50)44(54)47-38-23-33-22-37(28(38)3)45(33,5)6/h13-15,19-21,27-29,33-34,37-41,51-52H,10-12,16-18,22-26H2,1-9H3,(H,46,53)(H,47,54)/t28-,29-,33+,34-,37-,38-,39-,40+,41-/m0/s1. The van der Waals surface area contributed by atoms with Gasteiger partial charge in [-0.25, -0.2) is 0 Å². The largest absolute Gasteiger partial charge is 0.496 e. The third-order valence-electron chi connectivity index (χ3n) is 13.6. The summed E-state index contributed by atoms with van der Waals surface area (Å²) in [7, 11) is 5.71. The van der Waals surface area contributed by atoms with Crippen molar-refractivity contribution in [2.45, 2.75) is 117 Å². The molecule has 5 aliphatic rings. The number of nitrogens with zero attached hydrogens (tertiary/aromatic N) is 3. The SMILES string of the molecule is COc1c(CN2O[C@@H](CO)[C@@H]([C@H](C)O)[C@H]2C(=O)N[C@H]2C[C@H]3C[C@@H]([C@@H]2C)C3(C)C)cccc1-c1cc(C(=O)N[C@@H](CC(C)C)CN(C)C)cc(N2CCCCC2)c1. The molecule has 2 aromatic rings. The number of carbonyl (C=O) groups is 2. The van der Waals surface area contributed by atoms with Crippen LogP contribution in [0.5, 0.6) is 5.75 Å². The Bertz CT molecular complexity index is 1660. The number of nitrogens with one attached hydrogen (secondary N) is 2. The lowest BCUT2D eigenvalue weighted by Gasteiger charge is -2.62. The van der Waals surface area contributed by atoms with E-state index in [1.165, 1.54) is 12.8 Å². The van der Waals surface area contributed by atoms with Crippen molar-refractivity contribution in [3.05, 3.63) is 47.5 Å². The molecule has 9 atom stereocenters. The number of fused-ring (bicyclic) bond motifs is 2. The number of hydrogen-bond donors (Lipinski definition) is 4. The average molecular weight is 776 g/mol. The van der Waals surface area contributed by atoms with E-state index in [0.717, 1.165) is 67.7 Å². The van der Waals surface area contributed by atoms with Gasteiger partial charge in [-0.2, -0.15) is 5.06 Å². The number of amides is 2. The number of hydrogen-bond acceptors (Lipinski definition) is 9. The van der Waals surface area contributed by atoms with Crippen molar-refractivity contribution in [3.63, 3.8) is 0 Å². The lowest BCUT2D eigenvalue weighted by atomic mass is 9.45. The highest BCUT2D eigenvalue weighted by atomic mass is 16.7. The van der Waals surface area contributed by atoms with Gasteiger partial charge in [0.15, 0.2) is 0 Å². The van der Waals surface area contributed by atoms with Crippen molar-refractivity contribution < 1.29 is 29.4 Å². The van der Waals surface area contributed by atoms with Crippen LogP contribution in [0.4, 0.5) is 5.69 Å². The first-order valence-electron chi connectivity index (χ1n) is 21.2. The molecule has 11 heteroatoms. The molecule has 7 rings (SSSR count). The van der Waals surface area contributed by atoms with Crippen molar-refractivity contribution >= 4 is 17.5 Å². The number of aliphatic hydroxyl groups excluding tert-OH is 2. The first-order chi connectivity index (χ1) is 26.6. The quantitative estimate of drug-likeness (QED) is 0.180. The second-order valence-corrected chi connectivity index (χ2v) is 18.6. The molecule has 2 heterocycles. The zero-order chi connectivity index (χ0) is 40.5. The molecule has 3 saturated carbocycles. The molecule has 2 aromatic carbocycles. The van der Waals surface area contributed by atoms with Gasteiger partial charge in [0, 0.05) is 60.0 Å². The Balaban J connectivity index is 1.31. The summed E-state index contributed by atoms with van der Waals surface area (Å²) in [6, 6.07) is 11.3. The molecule has 0 radical (unpaired) electrons. The number of para-hydroxylation sites is 1. The van der Waals surface area contributed by atoms with Crippen LogP contribution in [0.2, 0.25) is 0 Å². The topological polar surface area (TPSA) is 127 Å². The Morgan fingerprint density at radius 2 is 1.80 bits per heavy atom. The second-order valence-electron chi connectivity index (χ2n) is 18.6. The number of rotatable bonds is 15. The molecule has 4 N–H and O–H groups in total. The number of hydroxylamine groups is 2. The molecule has 3 aliphatic carbocycles. The minimum atomic E-state index is -0.891. The summed E-state index contributed by atoms with van der Waals surface area (Å²) in [6.45, 7) is 15.4. The zero-order valence-corrected chi connectivity index (χ0v) is 35.4. The van der Waals surface area contributed by atoms with Crippen molar-refractivity contribution in [2.75, 3.05) is 52.3 Å². The molecule has 0 unspecified atom stereocenters. The summed E-state index contributed by atoms with van der Waals surface area (Å²) >= 11 is 0. The van der Waals surface area contributed by atoms with Crippen LogP contribution in [-0.4, -0.2) is 110 Å². The minimum Gasteiger partial charge on any atom is -0.496 e. The Morgan fingerprint density at radius 1 is 1.07 bits per heavy atom. The normalized spacial score (nSPS) is 28.5. The van der Waals surface area contributed by atoms with Crippen LogP contribution in [0.25, 0.3) is 11.1 Å². The van der Waals surface area contributed by atoms with Crippen LogP contribution in [0, 0.1) is 35.0 Å². The highest BCUT2D eigenvalue weighted by molar-refractivity contribution is 5.97. The first kappa shape index (κ1) is 42.4. The third-order valence-corrected chi connectivity index (χ3v) is 13.6. The van der Waals surface area contributed by atoms with Crippen LogP contribution in [0.3, 0.4) is 0 Å². The van der Waals surface area contributed by atoms with Gasteiger partial charge in [-0.15, -0.1) is 0 Å². The minimum absolute atomic E-state index is 0.00938. The molecule has 11 nitrogen and oxygen atoms in total. The molecular formula is C45H69N5O6. The summed E-state index contributed by atoms with van der Waals surface area (Å²) in [5.41, 5.74) is 4.38. The highest BCUT2D eigenvalue weighted by Crippen LogP contribution is 2.61. The zero-order valence-electron chi connectivity index (χ0n) is 35.4. The summed E-state index contributed by atoms with van der Waals surface area (Å²) in [6.07, 6.45) is 4.80. The Kier molecular flexibility index (Phi) is 13.4. The maximum Gasteiger partial charge on any atom is 0.251 e. The number of methoxy groups -OCH3 is 1. The molecule has 2 amide bonds. The molecule has 2 bridgehead atoms. The summed E-state index contributed by atoms with van der Waals surface area (Å²) < 4.78 is 6.17. The van der Waals surface area contributed by atoms with Gasteiger partial charge in [0.25, 0.3) is 5.91 Å². The van der Waals surface area contributed by atoms with E-state index < -0.39 is 24.2 Å². The van der Waals surface area contributed by atoms with Gasteiger partial charge in [0.05, 0.1) is 26.4 Å². The molecular weight excluding hydrogens is 707 g/mol. The first-order valence-corrected chi connectivity index (χ1v) is 21.2. The van der Waals surface area contributed by atoms with Crippen molar-refractivity contribution in [1.82, 2.24) is 20.6 Å². The van der Waals surface area contributed by atoms with E-state index in [0.29, 0.717) is 35.0 Å². The van der Waals surface area contributed by atoms with Gasteiger partial charge < -0.3 is 35.4 Å². The fraction of sp³-hybridized carbons (Fsp3) is 0.689. The maximum absolute atomic E-state index is 14.3. The van der Waals surface area contributed by atoms with Crippen LogP contribution in [0.1, 0.15) is 96.0 Å². The van der Waals surface area contributed by atoms with E-state index in [-0.39, 0.29) is 42.5 Å². The van der Waals surface area contributed by atoms with E-state index in [9.17, 15) is 19.8 Å². The molecule has 310 valence electrons. The van der Waals surface area contributed by atoms with Crippen molar-refractivity contribution in [2.24, 2.45) is 35.0 Å². The highest BCUT2D eigenvalue weighted by Gasteiger charge is 2.57. The Hall–Kier alpha value is -3.22. The lowest BCUT2D eigenvalue weighted by molar-refractivity contribution is -0.183. The van der Waals surface area contributed by atoms with Gasteiger partial charge in [0.1, 0.15) is 17.9 Å². The fourth-order valence-electron chi connectivity index (χ4n) is 10.5. The average Bonchev–Trinajstić information content (AvgIpc) is 3.53. The predicted molar refractivity (Wildman–Crippen MR) is 221 cm³/mol. The maximum atomic E-state index is 14.3. The predicted octanol–water partition coefficient (Wildman–Crippen LogP) is 5.72. The van der Waals surface area contributed by atoms with Gasteiger partial charge in [0.2, 0.25) is 5.91 Å². The molecule has 5 fully saturated rings. The lowest BCUT2D eigenvalue weighted by Crippen LogP contribution is -2.62. The Labute approximate surface area is 335 Å². The molecule has 2 saturated heterocycles. The van der Waals surface area contributed by atoms with E-state index in [4.69, 9.17) is 9.57 Å². The number of likely N-dealkylation sites (N-methyl/N-ethyl adjacent to an activating group) is 1. The molecule has 2 aliphatic heterocycles. The smallest absolute Gasteiger partial charge is 0.251 e. The van der Waals surface area contributed by atoms with E-state index >= 15 is 0 Å². The summed E-state index contributed by atoms with van der Waals surface area (Å²) in [5.74, 6) is 1.62. The van der Waals surface area contributed by atoms with Gasteiger partial charge in [-0.3, -0.25) is 14.4 Å². The fourth-order valence-corrected chi connectivity index (χ4v) is 10.5. The van der Waals surface area contributed by atoms with Crippen molar-refractivity contribution in [3.8, 4) is 16.9 Å². The number of ether oxygens (including phenoxy) is 1. The summed E-state index contributed by atoms with van der Waals surface area (Å²) in [4.78, 5) is 39.2. The van der Waals surface area contributed by atoms with Gasteiger partial charge >= 0.3 is 0 Å². The second kappa shape index (κ2) is 17.7. The number of anilines is 1. The number of aliphatic hydroxyl groups is 2. The Morgan fingerprint density at radius 3 is 2.41 bits per heavy atom. The van der Waals surface area contributed by atoms with Crippen LogP contribution in [0.15, 0.2) is 36.4 Å².